The van der Waals surface area contributed by atoms with Crippen molar-refractivity contribution in [3.05, 3.63) is 66.6 Å². The molecule has 0 radical (unpaired) electrons. The second-order valence-corrected chi connectivity index (χ2v) is 7.36. The van der Waals surface area contributed by atoms with E-state index in [1.807, 2.05) is 47.0 Å². The molecule has 1 aliphatic heterocycles. The molecule has 1 aliphatic rings. The number of hydrogen-bond acceptors (Lipinski definition) is 5. The number of rotatable bonds is 4. The largest absolute Gasteiger partial charge is 0.497 e. The normalized spacial score (nSPS) is 17.1. The van der Waals surface area contributed by atoms with Crippen molar-refractivity contribution in [3.8, 4) is 5.75 Å². The van der Waals surface area contributed by atoms with E-state index < -0.39 is 6.04 Å². The van der Waals surface area contributed by atoms with Gasteiger partial charge in [-0.1, -0.05) is 12.1 Å². The summed E-state index contributed by atoms with van der Waals surface area (Å²) in [4.78, 5) is 36.2. The molecule has 1 aromatic carbocycles. The minimum absolute atomic E-state index is 0.154. The summed E-state index contributed by atoms with van der Waals surface area (Å²) in [6.07, 6.45) is 5.97. The monoisotopic (exact) mass is 400 g/mol. The van der Waals surface area contributed by atoms with E-state index in [1.165, 1.54) is 4.90 Å². The van der Waals surface area contributed by atoms with Gasteiger partial charge in [-0.25, -0.2) is 4.98 Å². The molecule has 3 aromatic heterocycles. The number of aromatic nitrogens is 3. The minimum atomic E-state index is -0.500. The average molecular weight is 400 g/mol. The number of amides is 2. The van der Waals surface area contributed by atoms with E-state index in [-0.39, 0.29) is 18.4 Å². The third kappa shape index (κ3) is 2.90. The van der Waals surface area contributed by atoms with Gasteiger partial charge in [0.05, 0.1) is 25.4 Å². The van der Waals surface area contributed by atoms with Crippen molar-refractivity contribution in [2.75, 3.05) is 7.11 Å². The molecule has 1 fully saturated rings. The number of carbonyl (C=O) groups is 2. The first kappa shape index (κ1) is 18.3. The molecule has 1 atom stereocenters. The summed E-state index contributed by atoms with van der Waals surface area (Å²) in [5.41, 5.74) is 2.46. The minimum Gasteiger partial charge on any atom is -0.497 e. The van der Waals surface area contributed by atoms with E-state index in [0.717, 1.165) is 33.2 Å². The number of fused-ring (bicyclic) bond motifs is 3. The summed E-state index contributed by atoms with van der Waals surface area (Å²) in [6.45, 7) is 0.237. The number of carbonyl (C=O) groups excluding carboxylic acids is 2. The molecule has 7 nitrogen and oxygen atoms in total. The Labute approximate surface area is 172 Å². The van der Waals surface area contributed by atoms with Gasteiger partial charge >= 0.3 is 0 Å². The van der Waals surface area contributed by atoms with Gasteiger partial charge in [-0.3, -0.25) is 19.5 Å². The van der Waals surface area contributed by atoms with Crippen molar-refractivity contribution in [1.29, 1.82) is 0 Å². The van der Waals surface area contributed by atoms with Gasteiger partial charge in [0.15, 0.2) is 0 Å². The van der Waals surface area contributed by atoms with Crippen molar-refractivity contribution < 1.29 is 14.3 Å². The SMILES string of the molecule is COc1ccc(CN2C(=O)CCC(n3c4cnccc4c4cccnc43)C2=O)cc1. The number of benzene rings is 1. The lowest BCUT2D eigenvalue weighted by molar-refractivity contribution is -0.151. The third-order valence-corrected chi connectivity index (χ3v) is 5.66. The van der Waals surface area contributed by atoms with Gasteiger partial charge in [0.2, 0.25) is 5.91 Å². The maximum Gasteiger partial charge on any atom is 0.252 e. The first-order chi connectivity index (χ1) is 14.7. The zero-order chi connectivity index (χ0) is 20.7. The van der Waals surface area contributed by atoms with Crippen LogP contribution < -0.4 is 4.74 Å². The first-order valence-corrected chi connectivity index (χ1v) is 9.83. The standard InChI is InChI=1S/C23H20N4O3/c1-30-16-6-4-15(5-7-16)14-26-21(28)9-8-19(23(26)29)27-20-13-24-12-10-17(20)18-3-2-11-25-22(18)27/h2-7,10-13,19H,8-9,14H2,1H3. The maximum atomic E-state index is 13.5. The average Bonchev–Trinajstić information content (AvgIpc) is 3.12. The summed E-state index contributed by atoms with van der Waals surface area (Å²) in [5, 5.41) is 1.97. The van der Waals surface area contributed by atoms with E-state index in [9.17, 15) is 9.59 Å². The summed E-state index contributed by atoms with van der Waals surface area (Å²) >= 11 is 0. The van der Waals surface area contributed by atoms with Gasteiger partial charge in [0.1, 0.15) is 17.4 Å². The highest BCUT2D eigenvalue weighted by Gasteiger charge is 2.37. The van der Waals surface area contributed by atoms with Crippen LogP contribution >= 0.6 is 0 Å². The number of piperidine rings is 1. The Hall–Kier alpha value is -3.74. The van der Waals surface area contributed by atoms with Crippen LogP contribution in [0.3, 0.4) is 0 Å². The molecule has 4 heterocycles. The van der Waals surface area contributed by atoms with Crippen molar-refractivity contribution in [1.82, 2.24) is 19.4 Å². The van der Waals surface area contributed by atoms with Crippen LogP contribution in [0.4, 0.5) is 0 Å². The first-order valence-electron chi connectivity index (χ1n) is 9.83. The van der Waals surface area contributed by atoms with E-state index >= 15 is 0 Å². The van der Waals surface area contributed by atoms with Gasteiger partial charge in [0.25, 0.3) is 5.91 Å². The number of ether oxygens (including phenoxy) is 1. The Morgan fingerprint density at radius 3 is 2.70 bits per heavy atom. The number of pyridine rings is 2. The van der Waals surface area contributed by atoms with Crippen molar-refractivity contribution in [2.45, 2.75) is 25.4 Å². The van der Waals surface area contributed by atoms with Gasteiger partial charge in [0, 0.05) is 29.6 Å². The fourth-order valence-electron chi connectivity index (χ4n) is 4.18. The number of hydrogen-bond donors (Lipinski definition) is 0. The molecule has 0 bridgehead atoms. The predicted octanol–water partition coefficient (Wildman–Crippen LogP) is 3.48. The van der Waals surface area contributed by atoms with Crippen LogP contribution in [-0.2, 0) is 16.1 Å². The molecule has 0 spiro atoms. The second-order valence-electron chi connectivity index (χ2n) is 7.36. The van der Waals surface area contributed by atoms with E-state index in [0.29, 0.717) is 12.8 Å². The van der Waals surface area contributed by atoms with Crippen molar-refractivity contribution in [3.63, 3.8) is 0 Å². The molecule has 0 N–H and O–H groups in total. The number of likely N-dealkylation sites (tertiary alicyclic amines) is 1. The van der Waals surface area contributed by atoms with Crippen LogP contribution in [0, 0.1) is 0 Å². The molecule has 0 aliphatic carbocycles. The molecule has 1 unspecified atom stereocenters. The number of methoxy groups -OCH3 is 1. The van der Waals surface area contributed by atoms with Crippen LogP contribution in [0.15, 0.2) is 61.1 Å². The van der Waals surface area contributed by atoms with E-state index in [1.54, 1.807) is 25.7 Å². The molecule has 0 saturated carbocycles. The fourth-order valence-corrected chi connectivity index (χ4v) is 4.18. The highest BCUT2D eigenvalue weighted by atomic mass is 16.5. The predicted molar refractivity (Wildman–Crippen MR) is 112 cm³/mol. The van der Waals surface area contributed by atoms with Crippen LogP contribution in [0.5, 0.6) is 5.75 Å². The Morgan fingerprint density at radius 1 is 1.07 bits per heavy atom. The van der Waals surface area contributed by atoms with Gasteiger partial charge in [-0.2, -0.15) is 0 Å². The van der Waals surface area contributed by atoms with Crippen LogP contribution in [0.1, 0.15) is 24.4 Å². The number of nitrogens with zero attached hydrogens (tertiary/aromatic N) is 4. The molecular formula is C23H20N4O3. The summed E-state index contributed by atoms with van der Waals surface area (Å²) in [6, 6.07) is 12.7. The van der Waals surface area contributed by atoms with E-state index in [4.69, 9.17) is 4.74 Å². The molecule has 2 amide bonds. The zero-order valence-corrected chi connectivity index (χ0v) is 16.5. The Morgan fingerprint density at radius 2 is 1.90 bits per heavy atom. The Kier molecular flexibility index (Phi) is 4.43. The highest BCUT2D eigenvalue weighted by Crippen LogP contribution is 2.34. The molecule has 4 aromatic rings. The van der Waals surface area contributed by atoms with Gasteiger partial charge in [-0.05, 0) is 42.3 Å². The zero-order valence-electron chi connectivity index (χ0n) is 16.5. The van der Waals surface area contributed by atoms with Crippen LogP contribution in [-0.4, -0.2) is 38.4 Å². The quantitative estimate of drug-likeness (QED) is 0.490. The summed E-state index contributed by atoms with van der Waals surface area (Å²) in [7, 11) is 1.60. The molecular weight excluding hydrogens is 380 g/mol. The molecule has 5 rings (SSSR count). The summed E-state index contributed by atoms with van der Waals surface area (Å²) in [5.74, 6) is 0.367. The summed E-state index contributed by atoms with van der Waals surface area (Å²) < 4.78 is 7.12. The lowest BCUT2D eigenvalue weighted by atomic mass is 10.0. The van der Waals surface area contributed by atoms with Crippen molar-refractivity contribution >= 4 is 33.8 Å². The number of imide groups is 1. The fraction of sp³-hybridized carbons (Fsp3) is 0.217. The molecule has 1 saturated heterocycles. The maximum absolute atomic E-state index is 13.5. The van der Waals surface area contributed by atoms with E-state index in [2.05, 4.69) is 9.97 Å². The Balaban J connectivity index is 1.55. The van der Waals surface area contributed by atoms with Gasteiger partial charge < -0.3 is 9.30 Å². The smallest absolute Gasteiger partial charge is 0.252 e. The molecule has 30 heavy (non-hydrogen) atoms. The Bertz CT molecular complexity index is 1210. The highest BCUT2D eigenvalue weighted by molar-refractivity contribution is 6.08. The van der Waals surface area contributed by atoms with Crippen LogP contribution in [0.2, 0.25) is 0 Å². The van der Waals surface area contributed by atoms with Gasteiger partial charge in [-0.15, -0.1) is 0 Å². The van der Waals surface area contributed by atoms with Crippen molar-refractivity contribution in [2.24, 2.45) is 0 Å². The second kappa shape index (κ2) is 7.26. The molecule has 150 valence electrons. The topological polar surface area (TPSA) is 77.3 Å². The third-order valence-electron chi connectivity index (χ3n) is 5.66. The van der Waals surface area contributed by atoms with Crippen LogP contribution in [0.25, 0.3) is 21.9 Å². The lowest BCUT2D eigenvalue weighted by Gasteiger charge is -2.32. The lowest BCUT2D eigenvalue weighted by Crippen LogP contribution is -2.45. The molecule has 7 heteroatoms.